The number of aryl methyl sites for hydroxylation is 1. The summed E-state index contributed by atoms with van der Waals surface area (Å²) in [5.41, 5.74) is 3.65. The average molecular weight is 260 g/mol. The minimum absolute atomic E-state index is 0.220. The number of rotatable bonds is 3. The Morgan fingerprint density at radius 2 is 2.44 bits per heavy atom. The van der Waals surface area contributed by atoms with Gasteiger partial charge in [0.1, 0.15) is 0 Å². The van der Waals surface area contributed by atoms with Crippen LogP contribution in [0.5, 0.6) is 0 Å². The smallest absolute Gasteiger partial charge is 0.0931 e. The molecule has 0 aliphatic heterocycles. The summed E-state index contributed by atoms with van der Waals surface area (Å²) in [6, 6.07) is 4.44. The van der Waals surface area contributed by atoms with Crippen molar-refractivity contribution in [1.82, 2.24) is 19.9 Å². The average Bonchev–Trinajstić information content (AvgIpc) is 2.94. The summed E-state index contributed by atoms with van der Waals surface area (Å²) in [7, 11) is 1.99. The summed E-state index contributed by atoms with van der Waals surface area (Å²) in [5, 5.41) is 9.62. The summed E-state index contributed by atoms with van der Waals surface area (Å²) < 4.78 is 3.97. The Hall–Kier alpha value is -1.33. The second-order valence-electron chi connectivity index (χ2n) is 4.64. The lowest BCUT2D eigenvalue weighted by Crippen LogP contribution is -2.27. The fourth-order valence-electron chi connectivity index (χ4n) is 2.83. The lowest BCUT2D eigenvalue weighted by atomic mass is 9.81. The van der Waals surface area contributed by atoms with E-state index in [1.807, 2.05) is 24.7 Å². The summed E-state index contributed by atoms with van der Waals surface area (Å²) in [5.74, 6) is 0.406. The topological polar surface area (TPSA) is 50.7 Å². The van der Waals surface area contributed by atoms with Crippen molar-refractivity contribution >= 4 is 11.5 Å². The quantitative estimate of drug-likeness (QED) is 0.920. The van der Waals surface area contributed by atoms with Crippen molar-refractivity contribution in [2.75, 3.05) is 7.05 Å². The molecule has 0 spiro atoms. The van der Waals surface area contributed by atoms with Crippen LogP contribution in [0.1, 0.15) is 41.8 Å². The Morgan fingerprint density at radius 1 is 1.50 bits per heavy atom. The molecule has 0 aromatic carbocycles. The maximum absolute atomic E-state index is 4.59. The highest BCUT2D eigenvalue weighted by molar-refractivity contribution is 7.03. The first-order valence-electron chi connectivity index (χ1n) is 6.28. The SMILES string of the molecule is CNC(c1csnn1)C1CCCc2cccnc21. The van der Waals surface area contributed by atoms with E-state index in [1.165, 1.54) is 29.2 Å². The normalized spacial score (nSPS) is 20.4. The van der Waals surface area contributed by atoms with Gasteiger partial charge >= 0.3 is 0 Å². The number of hydrogen-bond donors (Lipinski definition) is 1. The van der Waals surface area contributed by atoms with Gasteiger partial charge in [0.15, 0.2) is 0 Å². The van der Waals surface area contributed by atoms with Crippen LogP contribution in [0.2, 0.25) is 0 Å². The van der Waals surface area contributed by atoms with Crippen LogP contribution in [0.3, 0.4) is 0 Å². The maximum atomic E-state index is 4.59. The standard InChI is InChI=1S/C13H16N4S/c1-14-13(11-8-18-17-16-11)10-6-2-4-9-5-3-7-15-12(9)10/h3,5,7-8,10,13-14H,2,4,6H2,1H3. The van der Waals surface area contributed by atoms with Gasteiger partial charge in [0.05, 0.1) is 11.7 Å². The van der Waals surface area contributed by atoms with Crippen molar-refractivity contribution in [3.63, 3.8) is 0 Å². The van der Waals surface area contributed by atoms with Gasteiger partial charge in [0, 0.05) is 23.2 Å². The third kappa shape index (κ3) is 2.04. The molecule has 2 heterocycles. The predicted octanol–water partition coefficient (Wildman–Crippen LogP) is 2.31. The van der Waals surface area contributed by atoms with Crippen LogP contribution >= 0.6 is 11.5 Å². The van der Waals surface area contributed by atoms with Gasteiger partial charge < -0.3 is 5.32 Å². The molecule has 0 saturated heterocycles. The van der Waals surface area contributed by atoms with E-state index in [4.69, 9.17) is 0 Å². The number of pyridine rings is 1. The molecule has 1 aliphatic carbocycles. The molecule has 1 aliphatic rings. The van der Waals surface area contributed by atoms with E-state index in [-0.39, 0.29) is 6.04 Å². The molecule has 0 saturated carbocycles. The number of nitrogens with one attached hydrogen (secondary N) is 1. The van der Waals surface area contributed by atoms with Crippen LogP contribution in [0, 0.1) is 0 Å². The van der Waals surface area contributed by atoms with Gasteiger partial charge in [-0.05, 0) is 49.5 Å². The molecular formula is C13H16N4S. The highest BCUT2D eigenvalue weighted by Gasteiger charge is 2.30. The molecule has 0 amide bonds. The van der Waals surface area contributed by atoms with Gasteiger partial charge in [-0.1, -0.05) is 10.6 Å². The minimum atomic E-state index is 0.220. The Morgan fingerprint density at radius 3 is 3.22 bits per heavy atom. The second kappa shape index (κ2) is 5.12. The number of aromatic nitrogens is 3. The van der Waals surface area contributed by atoms with Crippen molar-refractivity contribution in [3.8, 4) is 0 Å². The van der Waals surface area contributed by atoms with Crippen LogP contribution in [0.25, 0.3) is 0 Å². The van der Waals surface area contributed by atoms with Gasteiger partial charge in [-0.2, -0.15) is 0 Å². The molecule has 2 aromatic rings. The molecule has 94 valence electrons. The number of likely N-dealkylation sites (N-methyl/N-ethyl adjacent to an activating group) is 1. The van der Waals surface area contributed by atoms with Crippen molar-refractivity contribution in [2.45, 2.75) is 31.2 Å². The Kier molecular flexibility index (Phi) is 3.34. The lowest BCUT2D eigenvalue weighted by Gasteiger charge is -2.30. The van der Waals surface area contributed by atoms with Crippen molar-refractivity contribution < 1.29 is 0 Å². The summed E-state index contributed by atoms with van der Waals surface area (Å²) in [6.45, 7) is 0. The van der Waals surface area contributed by atoms with Crippen molar-refractivity contribution in [1.29, 1.82) is 0 Å². The first kappa shape index (κ1) is 11.7. The van der Waals surface area contributed by atoms with E-state index < -0.39 is 0 Å². The van der Waals surface area contributed by atoms with E-state index in [0.29, 0.717) is 5.92 Å². The zero-order valence-corrected chi connectivity index (χ0v) is 11.2. The van der Waals surface area contributed by atoms with E-state index in [9.17, 15) is 0 Å². The predicted molar refractivity (Wildman–Crippen MR) is 71.6 cm³/mol. The number of fused-ring (bicyclic) bond motifs is 1. The van der Waals surface area contributed by atoms with E-state index in [1.54, 1.807) is 0 Å². The van der Waals surface area contributed by atoms with Gasteiger partial charge in [-0.25, -0.2) is 0 Å². The highest BCUT2D eigenvalue weighted by atomic mass is 32.1. The summed E-state index contributed by atoms with van der Waals surface area (Å²) >= 11 is 1.41. The lowest BCUT2D eigenvalue weighted by molar-refractivity contribution is 0.408. The third-order valence-corrected chi connectivity index (χ3v) is 4.17. The first-order chi connectivity index (χ1) is 8.90. The van der Waals surface area contributed by atoms with E-state index >= 15 is 0 Å². The molecule has 1 N–H and O–H groups in total. The van der Waals surface area contributed by atoms with Gasteiger partial charge in [0.2, 0.25) is 0 Å². The van der Waals surface area contributed by atoms with Crippen LogP contribution < -0.4 is 5.32 Å². The van der Waals surface area contributed by atoms with Gasteiger partial charge in [-0.15, -0.1) is 5.10 Å². The zero-order chi connectivity index (χ0) is 12.4. The van der Waals surface area contributed by atoms with E-state index in [0.717, 1.165) is 18.5 Å². The molecule has 0 fully saturated rings. The highest BCUT2D eigenvalue weighted by Crippen LogP contribution is 2.38. The van der Waals surface area contributed by atoms with Crippen molar-refractivity contribution in [2.24, 2.45) is 0 Å². The molecule has 5 heteroatoms. The molecule has 4 nitrogen and oxygen atoms in total. The van der Waals surface area contributed by atoms with E-state index in [2.05, 4.69) is 26.0 Å². The third-order valence-electron chi connectivity index (χ3n) is 3.65. The molecule has 3 rings (SSSR count). The summed E-state index contributed by atoms with van der Waals surface area (Å²) in [4.78, 5) is 4.59. The maximum Gasteiger partial charge on any atom is 0.0931 e. The first-order valence-corrected chi connectivity index (χ1v) is 7.12. The molecule has 2 aromatic heterocycles. The Labute approximate surface area is 111 Å². The Balaban J connectivity index is 1.97. The van der Waals surface area contributed by atoms with Crippen LogP contribution in [-0.2, 0) is 6.42 Å². The number of nitrogens with zero attached hydrogens (tertiary/aromatic N) is 3. The minimum Gasteiger partial charge on any atom is -0.311 e. The second-order valence-corrected chi connectivity index (χ2v) is 5.25. The van der Waals surface area contributed by atoms with Gasteiger partial charge in [-0.3, -0.25) is 4.98 Å². The fourth-order valence-corrected chi connectivity index (χ4v) is 3.32. The fraction of sp³-hybridized carbons (Fsp3) is 0.462. The van der Waals surface area contributed by atoms with Crippen LogP contribution in [-0.4, -0.2) is 21.6 Å². The monoisotopic (exact) mass is 260 g/mol. The Bertz CT molecular complexity index is 511. The molecule has 2 unspecified atom stereocenters. The molecule has 2 atom stereocenters. The molecule has 0 radical (unpaired) electrons. The summed E-state index contributed by atoms with van der Waals surface area (Å²) in [6.07, 6.45) is 5.42. The van der Waals surface area contributed by atoms with Gasteiger partial charge in [0.25, 0.3) is 0 Å². The largest absolute Gasteiger partial charge is 0.311 e. The molecule has 0 bridgehead atoms. The number of hydrogen-bond acceptors (Lipinski definition) is 5. The van der Waals surface area contributed by atoms with Crippen molar-refractivity contribution in [3.05, 3.63) is 40.7 Å². The zero-order valence-electron chi connectivity index (χ0n) is 10.3. The molecule has 18 heavy (non-hydrogen) atoms. The van der Waals surface area contributed by atoms with Crippen LogP contribution in [0.4, 0.5) is 0 Å². The van der Waals surface area contributed by atoms with Crippen LogP contribution in [0.15, 0.2) is 23.7 Å². The molecular weight excluding hydrogens is 244 g/mol.